The zero-order chi connectivity index (χ0) is 10.0. The minimum atomic E-state index is -0.613. The minimum Gasteiger partial charge on any atom is -0.505 e. The Kier molecular flexibility index (Phi) is 4.40. The molecule has 0 radical (unpaired) electrons. The van der Waals surface area contributed by atoms with Crippen molar-refractivity contribution in [2.24, 2.45) is 5.73 Å². The van der Waals surface area contributed by atoms with Gasteiger partial charge in [0.15, 0.2) is 0 Å². The summed E-state index contributed by atoms with van der Waals surface area (Å²) in [5.74, 6) is -0.712. The van der Waals surface area contributed by atoms with Gasteiger partial charge in [-0.15, -0.1) is 19.0 Å². The van der Waals surface area contributed by atoms with Gasteiger partial charge >= 0.3 is 0 Å². The van der Waals surface area contributed by atoms with Gasteiger partial charge in [-0.25, -0.2) is 4.39 Å². The number of hydrogen-bond donors (Lipinski definition) is 3. The second-order valence-corrected chi connectivity index (χ2v) is 2.69. The Labute approximate surface area is 87.6 Å². The van der Waals surface area contributed by atoms with Gasteiger partial charge in [0.1, 0.15) is 11.6 Å². The van der Waals surface area contributed by atoms with Crippen LogP contribution in [0, 0.1) is 5.82 Å². The molecule has 0 spiro atoms. The van der Waals surface area contributed by atoms with Crippen LogP contribution in [0.5, 0.6) is 5.75 Å². The number of nitrogen functional groups attached to an aromatic ring is 1. The Balaban J connectivity index is 0.00000169. The molecule has 0 saturated carbocycles. The van der Waals surface area contributed by atoms with Gasteiger partial charge in [-0.1, -0.05) is 6.08 Å². The van der Waals surface area contributed by atoms with Gasteiger partial charge < -0.3 is 16.6 Å². The molecule has 3 nitrogen and oxygen atoms in total. The zero-order valence-electron chi connectivity index (χ0n) is 7.40. The molecule has 0 aliphatic rings. The number of nitrogens with two attached hydrogens (primary N) is 2. The quantitative estimate of drug-likeness (QED) is 0.402. The first-order valence-corrected chi connectivity index (χ1v) is 3.72. The molecule has 0 fully saturated rings. The van der Waals surface area contributed by atoms with Crippen molar-refractivity contribution in [2.75, 3.05) is 5.73 Å². The first kappa shape index (κ1) is 12.7. The van der Waals surface area contributed by atoms with Gasteiger partial charge in [-0.05, 0) is 6.07 Å². The Bertz CT molecular complexity index is 344. The molecule has 0 unspecified atom stereocenters. The van der Waals surface area contributed by atoms with Gasteiger partial charge in [0.2, 0.25) is 0 Å². The van der Waals surface area contributed by atoms with Crippen LogP contribution in [0.3, 0.4) is 0 Å². The summed E-state index contributed by atoms with van der Waals surface area (Å²) in [6.45, 7) is 3.44. The average molecular weight is 219 g/mol. The normalized spacial score (nSPS) is 11.6. The van der Waals surface area contributed by atoms with Crippen LogP contribution >= 0.6 is 12.4 Å². The summed E-state index contributed by atoms with van der Waals surface area (Å²) >= 11 is 0. The maximum Gasteiger partial charge on any atom is 0.143 e. The molecule has 1 rings (SSSR count). The van der Waals surface area contributed by atoms with E-state index in [1.54, 1.807) is 0 Å². The average Bonchev–Trinajstić information content (AvgIpc) is 2.10. The molecule has 0 amide bonds. The number of phenols is 1. The van der Waals surface area contributed by atoms with E-state index in [-0.39, 0.29) is 29.4 Å². The largest absolute Gasteiger partial charge is 0.505 e. The molecular weight excluding hydrogens is 207 g/mol. The molecule has 0 aliphatic heterocycles. The van der Waals surface area contributed by atoms with E-state index in [0.29, 0.717) is 0 Å². The third-order valence-corrected chi connectivity index (χ3v) is 1.75. The van der Waals surface area contributed by atoms with Crippen molar-refractivity contribution < 1.29 is 9.50 Å². The number of aromatic hydroxyl groups is 1. The van der Waals surface area contributed by atoms with Crippen LogP contribution in [0.4, 0.5) is 10.1 Å². The summed E-state index contributed by atoms with van der Waals surface area (Å²) in [4.78, 5) is 0. The van der Waals surface area contributed by atoms with Crippen molar-refractivity contribution in [3.8, 4) is 5.75 Å². The first-order valence-electron chi connectivity index (χ1n) is 3.72. The summed E-state index contributed by atoms with van der Waals surface area (Å²) in [6.07, 6.45) is 1.40. The minimum absolute atomic E-state index is 0. The molecule has 5 N–H and O–H groups in total. The molecule has 0 heterocycles. The monoisotopic (exact) mass is 218 g/mol. The summed E-state index contributed by atoms with van der Waals surface area (Å²) in [7, 11) is 0. The highest BCUT2D eigenvalue weighted by atomic mass is 35.5. The highest BCUT2D eigenvalue weighted by molar-refractivity contribution is 5.85. The molecule has 1 atom stereocenters. The molecule has 78 valence electrons. The lowest BCUT2D eigenvalue weighted by molar-refractivity contribution is 0.466. The highest BCUT2D eigenvalue weighted by Crippen LogP contribution is 2.30. The van der Waals surface area contributed by atoms with Crippen molar-refractivity contribution in [3.63, 3.8) is 0 Å². The molecule has 0 saturated heterocycles. The van der Waals surface area contributed by atoms with Crippen LogP contribution in [-0.4, -0.2) is 5.11 Å². The third-order valence-electron chi connectivity index (χ3n) is 1.75. The number of hydrogen-bond acceptors (Lipinski definition) is 3. The predicted molar refractivity (Wildman–Crippen MR) is 56.9 cm³/mol. The Morgan fingerprint density at radius 1 is 1.50 bits per heavy atom. The van der Waals surface area contributed by atoms with Crippen molar-refractivity contribution in [3.05, 3.63) is 36.2 Å². The molecule has 1 aromatic carbocycles. The van der Waals surface area contributed by atoms with E-state index in [9.17, 15) is 9.50 Å². The van der Waals surface area contributed by atoms with E-state index in [4.69, 9.17) is 11.5 Å². The fraction of sp³-hybridized carbons (Fsp3) is 0.111. The molecular formula is C9H12ClFN2O. The van der Waals surface area contributed by atoms with Crippen LogP contribution in [0.15, 0.2) is 24.8 Å². The van der Waals surface area contributed by atoms with Crippen molar-refractivity contribution in [1.82, 2.24) is 0 Å². The Morgan fingerprint density at radius 2 is 2.07 bits per heavy atom. The van der Waals surface area contributed by atoms with E-state index < -0.39 is 11.9 Å². The van der Waals surface area contributed by atoms with E-state index in [2.05, 4.69) is 6.58 Å². The molecule has 5 heteroatoms. The van der Waals surface area contributed by atoms with Crippen LogP contribution in [0.2, 0.25) is 0 Å². The Morgan fingerprint density at radius 3 is 2.57 bits per heavy atom. The first-order chi connectivity index (χ1) is 6.06. The lowest BCUT2D eigenvalue weighted by atomic mass is 10.1. The van der Waals surface area contributed by atoms with Gasteiger partial charge in [-0.2, -0.15) is 0 Å². The predicted octanol–water partition coefficient (Wildman–Crippen LogP) is 1.72. The van der Waals surface area contributed by atoms with E-state index in [1.165, 1.54) is 6.08 Å². The number of phenolic OH excluding ortho intramolecular Hbond substituents is 1. The Hall–Kier alpha value is -1.26. The maximum absolute atomic E-state index is 12.8. The number of benzene rings is 1. The third kappa shape index (κ3) is 2.37. The van der Waals surface area contributed by atoms with Gasteiger partial charge in [0.25, 0.3) is 0 Å². The van der Waals surface area contributed by atoms with Gasteiger partial charge in [0.05, 0.1) is 11.7 Å². The van der Waals surface area contributed by atoms with Crippen LogP contribution in [-0.2, 0) is 0 Å². The standard InChI is InChI=1S/C9H11FN2O.ClH/c1-2-7(11)6-3-5(10)4-8(12)9(6)13;/h2-4,7,13H,1,11-12H2;1H/t7-;/m0./s1. The molecule has 1 aromatic rings. The van der Waals surface area contributed by atoms with Crippen LogP contribution in [0.25, 0.3) is 0 Å². The highest BCUT2D eigenvalue weighted by Gasteiger charge is 2.11. The van der Waals surface area contributed by atoms with Crippen LogP contribution in [0.1, 0.15) is 11.6 Å². The summed E-state index contributed by atoms with van der Waals surface area (Å²) < 4.78 is 12.8. The van der Waals surface area contributed by atoms with Crippen LogP contribution < -0.4 is 11.5 Å². The van der Waals surface area contributed by atoms with E-state index >= 15 is 0 Å². The molecule has 0 bridgehead atoms. The topological polar surface area (TPSA) is 72.3 Å². The molecule has 14 heavy (non-hydrogen) atoms. The summed E-state index contributed by atoms with van der Waals surface area (Å²) in [5.41, 5.74) is 11.1. The summed E-state index contributed by atoms with van der Waals surface area (Å²) in [6, 6.07) is 1.56. The van der Waals surface area contributed by atoms with Crippen molar-refractivity contribution in [1.29, 1.82) is 0 Å². The van der Waals surface area contributed by atoms with Crippen molar-refractivity contribution >= 4 is 18.1 Å². The number of rotatable bonds is 2. The second kappa shape index (κ2) is 4.83. The maximum atomic E-state index is 12.8. The zero-order valence-corrected chi connectivity index (χ0v) is 8.22. The molecule has 0 aliphatic carbocycles. The summed E-state index contributed by atoms with van der Waals surface area (Å²) in [5, 5.41) is 9.40. The fourth-order valence-electron chi connectivity index (χ4n) is 1.02. The van der Waals surface area contributed by atoms with Gasteiger partial charge in [0, 0.05) is 11.6 Å². The number of halogens is 2. The lowest BCUT2D eigenvalue weighted by Gasteiger charge is -2.10. The lowest BCUT2D eigenvalue weighted by Crippen LogP contribution is -2.08. The second-order valence-electron chi connectivity index (χ2n) is 2.69. The fourth-order valence-corrected chi connectivity index (χ4v) is 1.02. The van der Waals surface area contributed by atoms with Gasteiger partial charge in [-0.3, -0.25) is 0 Å². The number of anilines is 1. The van der Waals surface area contributed by atoms with Crippen molar-refractivity contribution in [2.45, 2.75) is 6.04 Å². The van der Waals surface area contributed by atoms with E-state index in [1.807, 2.05) is 0 Å². The van der Waals surface area contributed by atoms with E-state index in [0.717, 1.165) is 12.1 Å². The molecule has 0 aromatic heterocycles. The SMILES string of the molecule is C=C[C@H](N)c1cc(F)cc(N)c1O.Cl. The smallest absolute Gasteiger partial charge is 0.143 e.